The van der Waals surface area contributed by atoms with Gasteiger partial charge in [-0.2, -0.15) is 0 Å². The fourth-order valence-corrected chi connectivity index (χ4v) is 3.22. The molecule has 0 aromatic carbocycles. The molecule has 0 aliphatic heterocycles. The molecule has 1 fully saturated rings. The van der Waals surface area contributed by atoms with Crippen molar-refractivity contribution >= 4 is 11.3 Å². The molecule has 4 heteroatoms. The molecule has 1 aromatic rings. The predicted molar refractivity (Wildman–Crippen MR) is 66.5 cm³/mol. The maximum Gasteiger partial charge on any atom is 0.0897 e. The number of nitrogens with one attached hydrogen (secondary N) is 1. The van der Waals surface area contributed by atoms with Gasteiger partial charge in [0.1, 0.15) is 0 Å². The number of hydrogen-bond acceptors (Lipinski definition) is 4. The molecule has 1 aliphatic rings. The number of aromatic nitrogens is 1. The van der Waals surface area contributed by atoms with Crippen LogP contribution in [0.4, 0.5) is 0 Å². The van der Waals surface area contributed by atoms with Crippen molar-refractivity contribution in [2.45, 2.75) is 39.2 Å². The Kier molecular flexibility index (Phi) is 3.95. The number of aliphatic hydroxyl groups excluding tert-OH is 1. The van der Waals surface area contributed by atoms with Crippen molar-refractivity contribution in [3.05, 3.63) is 16.1 Å². The molecule has 1 aromatic heterocycles. The van der Waals surface area contributed by atoms with E-state index in [0.717, 1.165) is 30.9 Å². The standard InChI is InChI=1S/C12H20N2OS/c1-10-14-7-11(16-10)6-13-8-12(9-15)4-2-3-5-12/h7,13,15H,2-6,8-9H2,1H3. The number of thiazole rings is 1. The van der Waals surface area contributed by atoms with Crippen LogP contribution in [-0.4, -0.2) is 23.2 Å². The van der Waals surface area contributed by atoms with E-state index in [1.165, 1.54) is 17.7 Å². The van der Waals surface area contributed by atoms with E-state index in [2.05, 4.69) is 10.3 Å². The van der Waals surface area contributed by atoms with E-state index in [1.807, 2.05) is 13.1 Å². The van der Waals surface area contributed by atoms with Gasteiger partial charge in [0.25, 0.3) is 0 Å². The van der Waals surface area contributed by atoms with Crippen LogP contribution in [0.5, 0.6) is 0 Å². The first-order chi connectivity index (χ1) is 7.74. The average molecular weight is 240 g/mol. The molecule has 0 saturated heterocycles. The summed E-state index contributed by atoms with van der Waals surface area (Å²) in [5.74, 6) is 0. The quantitative estimate of drug-likeness (QED) is 0.828. The molecule has 2 rings (SSSR count). The Labute approximate surface area is 101 Å². The predicted octanol–water partition coefficient (Wildman–Crippen LogP) is 2.09. The molecule has 0 spiro atoms. The average Bonchev–Trinajstić information content (AvgIpc) is 2.89. The van der Waals surface area contributed by atoms with Crippen LogP contribution in [0, 0.1) is 12.3 Å². The molecule has 1 saturated carbocycles. The SMILES string of the molecule is Cc1ncc(CNCC2(CO)CCCC2)s1. The minimum Gasteiger partial charge on any atom is -0.396 e. The van der Waals surface area contributed by atoms with Crippen molar-refractivity contribution < 1.29 is 5.11 Å². The lowest BCUT2D eigenvalue weighted by molar-refractivity contribution is 0.128. The fourth-order valence-electron chi connectivity index (χ4n) is 2.45. The van der Waals surface area contributed by atoms with Crippen LogP contribution in [0.15, 0.2) is 6.20 Å². The summed E-state index contributed by atoms with van der Waals surface area (Å²) in [5.41, 5.74) is 0.153. The van der Waals surface area contributed by atoms with E-state index >= 15 is 0 Å². The van der Waals surface area contributed by atoms with Crippen LogP contribution >= 0.6 is 11.3 Å². The third-order valence-corrected chi connectivity index (χ3v) is 4.38. The zero-order chi connectivity index (χ0) is 11.4. The summed E-state index contributed by atoms with van der Waals surface area (Å²) in [6.45, 7) is 4.16. The maximum atomic E-state index is 9.47. The lowest BCUT2D eigenvalue weighted by Crippen LogP contribution is -2.34. The molecular formula is C12H20N2OS. The van der Waals surface area contributed by atoms with Gasteiger partial charge in [0.15, 0.2) is 0 Å². The highest BCUT2D eigenvalue weighted by atomic mass is 32.1. The van der Waals surface area contributed by atoms with Gasteiger partial charge >= 0.3 is 0 Å². The first-order valence-corrected chi connectivity index (χ1v) is 6.79. The highest BCUT2D eigenvalue weighted by Crippen LogP contribution is 2.36. The summed E-state index contributed by atoms with van der Waals surface area (Å²) >= 11 is 1.74. The minimum absolute atomic E-state index is 0.153. The molecule has 0 bridgehead atoms. The third kappa shape index (κ3) is 2.81. The summed E-state index contributed by atoms with van der Waals surface area (Å²) < 4.78 is 0. The van der Waals surface area contributed by atoms with Crippen LogP contribution < -0.4 is 5.32 Å². The monoisotopic (exact) mass is 240 g/mol. The first-order valence-electron chi connectivity index (χ1n) is 5.97. The van der Waals surface area contributed by atoms with Gasteiger partial charge in [-0.05, 0) is 19.8 Å². The Bertz CT molecular complexity index is 332. The topological polar surface area (TPSA) is 45.2 Å². The Morgan fingerprint density at radius 3 is 2.81 bits per heavy atom. The van der Waals surface area contributed by atoms with Gasteiger partial charge in [0.2, 0.25) is 0 Å². The molecule has 1 heterocycles. The number of aliphatic hydroxyl groups is 1. The van der Waals surface area contributed by atoms with Gasteiger partial charge in [-0.15, -0.1) is 11.3 Å². The van der Waals surface area contributed by atoms with Gasteiger partial charge in [-0.25, -0.2) is 4.98 Å². The molecule has 0 unspecified atom stereocenters. The summed E-state index contributed by atoms with van der Waals surface area (Å²) in [7, 11) is 0. The van der Waals surface area contributed by atoms with Crippen LogP contribution in [-0.2, 0) is 6.54 Å². The Morgan fingerprint density at radius 2 is 2.25 bits per heavy atom. The van der Waals surface area contributed by atoms with Gasteiger partial charge in [-0.3, -0.25) is 0 Å². The molecule has 16 heavy (non-hydrogen) atoms. The maximum absolute atomic E-state index is 9.47. The zero-order valence-electron chi connectivity index (χ0n) is 9.83. The van der Waals surface area contributed by atoms with Crippen LogP contribution in [0.3, 0.4) is 0 Å². The molecule has 0 atom stereocenters. The van der Waals surface area contributed by atoms with Crippen LogP contribution in [0.1, 0.15) is 35.6 Å². The van der Waals surface area contributed by atoms with Crippen molar-refractivity contribution in [1.82, 2.24) is 10.3 Å². The van der Waals surface area contributed by atoms with Crippen LogP contribution in [0.2, 0.25) is 0 Å². The first kappa shape index (κ1) is 12.0. The van der Waals surface area contributed by atoms with Gasteiger partial charge in [0.05, 0.1) is 5.01 Å². The summed E-state index contributed by atoms with van der Waals surface area (Å²) in [4.78, 5) is 5.51. The molecule has 1 aliphatic carbocycles. The van der Waals surface area contributed by atoms with E-state index < -0.39 is 0 Å². The Morgan fingerprint density at radius 1 is 1.50 bits per heavy atom. The largest absolute Gasteiger partial charge is 0.396 e. The minimum atomic E-state index is 0.153. The lowest BCUT2D eigenvalue weighted by Gasteiger charge is -2.26. The number of hydrogen-bond donors (Lipinski definition) is 2. The van der Waals surface area contributed by atoms with E-state index in [-0.39, 0.29) is 5.41 Å². The molecule has 90 valence electrons. The van der Waals surface area contributed by atoms with Gasteiger partial charge < -0.3 is 10.4 Å². The molecular weight excluding hydrogens is 220 g/mol. The second-order valence-electron chi connectivity index (χ2n) is 4.81. The normalized spacial score (nSPS) is 19.1. The highest BCUT2D eigenvalue weighted by Gasteiger charge is 2.32. The molecule has 3 nitrogen and oxygen atoms in total. The number of aryl methyl sites for hydroxylation is 1. The second kappa shape index (κ2) is 5.25. The fraction of sp³-hybridized carbons (Fsp3) is 0.750. The van der Waals surface area contributed by atoms with Gasteiger partial charge in [-0.1, -0.05) is 12.8 Å². The van der Waals surface area contributed by atoms with E-state index in [1.54, 1.807) is 11.3 Å². The number of nitrogens with zero attached hydrogens (tertiary/aromatic N) is 1. The number of rotatable bonds is 5. The van der Waals surface area contributed by atoms with Crippen LogP contribution in [0.25, 0.3) is 0 Å². The second-order valence-corrected chi connectivity index (χ2v) is 6.13. The van der Waals surface area contributed by atoms with E-state index in [0.29, 0.717) is 6.61 Å². The summed E-state index contributed by atoms with van der Waals surface area (Å²) in [6.07, 6.45) is 6.80. The highest BCUT2D eigenvalue weighted by molar-refractivity contribution is 7.11. The van der Waals surface area contributed by atoms with Crippen molar-refractivity contribution in [3.63, 3.8) is 0 Å². The third-order valence-electron chi connectivity index (χ3n) is 3.47. The van der Waals surface area contributed by atoms with Crippen molar-refractivity contribution in [1.29, 1.82) is 0 Å². The van der Waals surface area contributed by atoms with E-state index in [4.69, 9.17) is 0 Å². The van der Waals surface area contributed by atoms with E-state index in [9.17, 15) is 5.11 Å². The molecule has 2 N–H and O–H groups in total. The molecule has 0 radical (unpaired) electrons. The lowest BCUT2D eigenvalue weighted by atomic mass is 9.87. The molecule has 0 amide bonds. The van der Waals surface area contributed by atoms with Crippen molar-refractivity contribution in [3.8, 4) is 0 Å². The Hall–Kier alpha value is -0.450. The smallest absolute Gasteiger partial charge is 0.0897 e. The summed E-state index contributed by atoms with van der Waals surface area (Å²) in [6, 6.07) is 0. The van der Waals surface area contributed by atoms with Gasteiger partial charge in [0, 0.05) is 36.2 Å². The Balaban J connectivity index is 1.78. The summed E-state index contributed by atoms with van der Waals surface area (Å²) in [5, 5.41) is 14.0. The zero-order valence-corrected chi connectivity index (χ0v) is 10.6. The van der Waals surface area contributed by atoms with Crippen molar-refractivity contribution in [2.24, 2.45) is 5.41 Å². The van der Waals surface area contributed by atoms with Crippen molar-refractivity contribution in [2.75, 3.05) is 13.2 Å².